The van der Waals surface area contributed by atoms with Gasteiger partial charge in [-0.2, -0.15) is 5.26 Å². The third kappa shape index (κ3) is 3.98. The maximum atomic E-state index is 8.64. The van der Waals surface area contributed by atoms with Gasteiger partial charge in [-0.25, -0.2) is 0 Å². The fourth-order valence-corrected chi connectivity index (χ4v) is 2.98. The fourth-order valence-electron chi connectivity index (χ4n) is 2.98. The molecule has 0 amide bonds. The molecule has 108 valence electrons. The van der Waals surface area contributed by atoms with Crippen LogP contribution in [0.4, 0.5) is 0 Å². The average molecular weight is 272 g/mol. The highest BCUT2D eigenvalue weighted by Crippen LogP contribution is 2.22. The number of rotatable bonds is 5. The van der Waals surface area contributed by atoms with Crippen LogP contribution in [0.3, 0.4) is 0 Å². The Balaban J connectivity index is 1.79. The molecule has 0 N–H and O–H groups in total. The highest BCUT2D eigenvalue weighted by molar-refractivity contribution is 5.28. The minimum atomic E-state index is 0.461. The van der Waals surface area contributed by atoms with Crippen LogP contribution >= 0.6 is 0 Å². The minimum Gasteiger partial charge on any atom is -0.492 e. The van der Waals surface area contributed by atoms with Crippen molar-refractivity contribution in [3.05, 3.63) is 29.8 Å². The minimum absolute atomic E-state index is 0.461. The molecule has 20 heavy (non-hydrogen) atoms. The van der Waals surface area contributed by atoms with Gasteiger partial charge in [-0.05, 0) is 44.4 Å². The zero-order chi connectivity index (χ0) is 14.4. The van der Waals surface area contributed by atoms with Crippen molar-refractivity contribution in [2.24, 2.45) is 0 Å². The van der Waals surface area contributed by atoms with E-state index in [4.69, 9.17) is 10.00 Å². The molecule has 0 bridgehead atoms. The van der Waals surface area contributed by atoms with Crippen LogP contribution in [0.5, 0.6) is 5.75 Å². The van der Waals surface area contributed by atoms with Crippen LogP contribution in [0.2, 0.25) is 0 Å². The van der Waals surface area contributed by atoms with Gasteiger partial charge in [0.2, 0.25) is 0 Å². The van der Waals surface area contributed by atoms with Gasteiger partial charge in [0.05, 0.1) is 12.5 Å². The lowest BCUT2D eigenvalue weighted by Crippen LogP contribution is -2.45. The summed E-state index contributed by atoms with van der Waals surface area (Å²) in [6.07, 6.45) is 4.41. The molecule has 3 nitrogen and oxygen atoms in total. The molecule has 1 aromatic carbocycles. The predicted octanol–water partition coefficient (Wildman–Crippen LogP) is 3.39. The van der Waals surface area contributed by atoms with Crippen molar-refractivity contribution >= 4 is 0 Å². The van der Waals surface area contributed by atoms with Crippen LogP contribution in [-0.4, -0.2) is 30.1 Å². The third-order valence-electron chi connectivity index (χ3n) is 4.20. The maximum absolute atomic E-state index is 8.64. The summed E-state index contributed by atoms with van der Waals surface area (Å²) in [5, 5.41) is 8.64. The van der Waals surface area contributed by atoms with E-state index < -0.39 is 0 Å². The van der Waals surface area contributed by atoms with E-state index in [9.17, 15) is 0 Å². The first-order valence-corrected chi connectivity index (χ1v) is 7.55. The molecule has 1 aliphatic heterocycles. The summed E-state index contributed by atoms with van der Waals surface area (Å²) in [5.74, 6) is 0.893. The van der Waals surface area contributed by atoms with Crippen LogP contribution in [0, 0.1) is 11.3 Å². The van der Waals surface area contributed by atoms with Gasteiger partial charge in [-0.1, -0.05) is 18.6 Å². The van der Waals surface area contributed by atoms with Crippen molar-refractivity contribution < 1.29 is 4.74 Å². The number of hydrogen-bond acceptors (Lipinski definition) is 3. The largest absolute Gasteiger partial charge is 0.492 e. The number of nitrogens with zero attached hydrogens (tertiary/aromatic N) is 2. The zero-order valence-corrected chi connectivity index (χ0v) is 12.5. The Morgan fingerprint density at radius 2 is 1.85 bits per heavy atom. The second-order valence-corrected chi connectivity index (χ2v) is 5.69. The van der Waals surface area contributed by atoms with Gasteiger partial charge in [0.1, 0.15) is 12.4 Å². The average Bonchev–Trinajstić information content (AvgIpc) is 2.44. The number of ether oxygens (including phenoxy) is 1. The normalized spacial score (nSPS) is 23.2. The molecule has 2 atom stereocenters. The number of nitriles is 1. The van der Waals surface area contributed by atoms with Crippen LogP contribution < -0.4 is 4.74 Å². The van der Waals surface area contributed by atoms with Crippen molar-refractivity contribution in [2.75, 3.05) is 13.2 Å². The summed E-state index contributed by atoms with van der Waals surface area (Å²) in [7, 11) is 0. The molecule has 0 saturated carbocycles. The van der Waals surface area contributed by atoms with E-state index in [2.05, 4.69) is 24.8 Å². The van der Waals surface area contributed by atoms with E-state index in [0.29, 0.717) is 18.5 Å². The van der Waals surface area contributed by atoms with Gasteiger partial charge in [0.25, 0.3) is 0 Å². The molecular weight excluding hydrogens is 248 g/mol. The van der Waals surface area contributed by atoms with Gasteiger partial charge in [0, 0.05) is 18.6 Å². The monoisotopic (exact) mass is 272 g/mol. The van der Waals surface area contributed by atoms with E-state index in [1.807, 2.05) is 24.3 Å². The lowest BCUT2D eigenvalue weighted by Gasteiger charge is -2.38. The standard InChI is InChI=1S/C17H24N2O/c1-14-4-3-5-15(2)19(14)12-13-20-17-8-6-16(7-9-17)10-11-18/h6-9,14-15H,3-5,10,12-13H2,1-2H3. The molecule has 1 aromatic rings. The molecule has 1 fully saturated rings. The number of piperidine rings is 1. The Labute approximate surface area is 122 Å². The van der Waals surface area contributed by atoms with Gasteiger partial charge >= 0.3 is 0 Å². The quantitative estimate of drug-likeness (QED) is 0.824. The second-order valence-electron chi connectivity index (χ2n) is 5.69. The second kappa shape index (κ2) is 7.31. The molecule has 3 heteroatoms. The topological polar surface area (TPSA) is 36.3 Å². The van der Waals surface area contributed by atoms with Gasteiger partial charge in [0.15, 0.2) is 0 Å². The van der Waals surface area contributed by atoms with Crippen molar-refractivity contribution in [3.8, 4) is 11.8 Å². The third-order valence-corrected chi connectivity index (χ3v) is 4.20. The van der Waals surface area contributed by atoms with Crippen LogP contribution in [0.15, 0.2) is 24.3 Å². The lowest BCUT2D eigenvalue weighted by atomic mass is 9.98. The van der Waals surface area contributed by atoms with E-state index in [1.165, 1.54) is 19.3 Å². The number of hydrogen-bond donors (Lipinski definition) is 0. The van der Waals surface area contributed by atoms with Crippen LogP contribution in [0.1, 0.15) is 38.7 Å². The van der Waals surface area contributed by atoms with Gasteiger partial charge in [-0.15, -0.1) is 0 Å². The molecule has 1 aliphatic rings. The highest BCUT2D eigenvalue weighted by Gasteiger charge is 2.23. The zero-order valence-electron chi connectivity index (χ0n) is 12.5. The Bertz CT molecular complexity index is 439. The summed E-state index contributed by atoms with van der Waals surface area (Å²) >= 11 is 0. The van der Waals surface area contributed by atoms with Crippen molar-refractivity contribution in [1.82, 2.24) is 4.90 Å². The van der Waals surface area contributed by atoms with Gasteiger partial charge < -0.3 is 4.74 Å². The van der Waals surface area contributed by atoms with Crippen LogP contribution in [0.25, 0.3) is 0 Å². The first kappa shape index (κ1) is 14.9. The Morgan fingerprint density at radius 3 is 2.45 bits per heavy atom. The molecular formula is C17H24N2O. The summed E-state index contributed by atoms with van der Waals surface area (Å²) in [4.78, 5) is 2.55. The molecule has 0 aromatic heterocycles. The molecule has 2 unspecified atom stereocenters. The summed E-state index contributed by atoms with van der Waals surface area (Å²) in [6, 6.07) is 11.3. The van der Waals surface area contributed by atoms with Crippen LogP contribution in [-0.2, 0) is 6.42 Å². The first-order valence-electron chi connectivity index (χ1n) is 7.55. The van der Waals surface area contributed by atoms with E-state index >= 15 is 0 Å². The molecule has 1 saturated heterocycles. The Hall–Kier alpha value is -1.53. The molecule has 0 spiro atoms. The van der Waals surface area contributed by atoms with Gasteiger partial charge in [-0.3, -0.25) is 4.90 Å². The highest BCUT2D eigenvalue weighted by atomic mass is 16.5. The summed E-state index contributed by atoms with van der Waals surface area (Å²) < 4.78 is 5.81. The number of benzene rings is 1. The lowest BCUT2D eigenvalue weighted by molar-refractivity contribution is 0.0851. The predicted molar refractivity (Wildman–Crippen MR) is 80.7 cm³/mol. The van der Waals surface area contributed by atoms with E-state index in [0.717, 1.165) is 24.5 Å². The number of likely N-dealkylation sites (tertiary alicyclic amines) is 1. The van der Waals surface area contributed by atoms with Crippen molar-refractivity contribution in [1.29, 1.82) is 5.26 Å². The molecule has 0 aliphatic carbocycles. The summed E-state index contributed by atoms with van der Waals surface area (Å²) in [6.45, 7) is 6.34. The molecule has 1 heterocycles. The smallest absolute Gasteiger partial charge is 0.119 e. The Kier molecular flexibility index (Phi) is 5.43. The van der Waals surface area contributed by atoms with Crippen molar-refractivity contribution in [3.63, 3.8) is 0 Å². The fraction of sp³-hybridized carbons (Fsp3) is 0.588. The first-order chi connectivity index (χ1) is 9.70. The van der Waals surface area contributed by atoms with E-state index in [1.54, 1.807) is 0 Å². The molecule has 2 rings (SSSR count). The van der Waals surface area contributed by atoms with E-state index in [-0.39, 0.29) is 0 Å². The SMILES string of the molecule is CC1CCCC(C)N1CCOc1ccc(CC#N)cc1. The summed E-state index contributed by atoms with van der Waals surface area (Å²) in [5.41, 5.74) is 1.04. The molecule has 0 radical (unpaired) electrons. The maximum Gasteiger partial charge on any atom is 0.119 e. The van der Waals surface area contributed by atoms with Crippen molar-refractivity contribution in [2.45, 2.75) is 51.6 Å². The Morgan fingerprint density at radius 1 is 1.20 bits per heavy atom.